The first-order valence-electron chi connectivity index (χ1n) is 4.47. The van der Waals surface area contributed by atoms with Crippen LogP contribution in [-0.4, -0.2) is 35.7 Å². The largest absolute Gasteiger partial charge is 0.375 e. The molecule has 2 atom stereocenters. The normalized spacial score (nSPS) is 38.5. The van der Waals surface area contributed by atoms with Gasteiger partial charge in [0.05, 0.1) is 12.7 Å². The van der Waals surface area contributed by atoms with E-state index < -0.39 is 0 Å². The second-order valence-corrected chi connectivity index (χ2v) is 4.58. The third kappa shape index (κ3) is 1.30. The minimum absolute atomic E-state index is 0.337. The fraction of sp³-hybridized carbons (Fsp3) is 1.00. The summed E-state index contributed by atoms with van der Waals surface area (Å²) in [5.74, 6) is 0. The van der Waals surface area contributed by atoms with E-state index in [2.05, 4.69) is 25.7 Å². The lowest BCUT2D eigenvalue weighted by Crippen LogP contribution is -2.48. The smallest absolute Gasteiger partial charge is 0.0748 e. The van der Waals surface area contributed by atoms with Crippen molar-refractivity contribution in [2.75, 3.05) is 13.2 Å². The molecule has 0 N–H and O–H groups in total. The molecule has 1 aliphatic carbocycles. The first kappa shape index (κ1) is 7.56. The Hall–Kier alpha value is -0.0800. The van der Waals surface area contributed by atoms with Gasteiger partial charge in [0.15, 0.2) is 0 Å². The van der Waals surface area contributed by atoms with E-state index in [1.54, 1.807) is 0 Å². The maximum absolute atomic E-state index is 5.54. The lowest BCUT2D eigenvalue weighted by Gasteiger charge is -2.38. The lowest BCUT2D eigenvalue weighted by atomic mass is 10.1. The van der Waals surface area contributed by atoms with Crippen LogP contribution in [0.15, 0.2) is 0 Å². The molecule has 2 aliphatic rings. The molecule has 1 aliphatic heterocycles. The third-order valence-electron chi connectivity index (χ3n) is 2.63. The Morgan fingerprint density at radius 2 is 2.09 bits per heavy atom. The molecule has 0 aromatic heterocycles. The molecule has 0 amide bonds. The van der Waals surface area contributed by atoms with Gasteiger partial charge in [-0.15, -0.1) is 0 Å². The van der Waals surface area contributed by atoms with Gasteiger partial charge in [0.2, 0.25) is 0 Å². The number of ether oxygens (including phenoxy) is 1. The van der Waals surface area contributed by atoms with Gasteiger partial charge in [-0.3, -0.25) is 4.90 Å². The van der Waals surface area contributed by atoms with Crippen LogP contribution in [0, 0.1) is 0 Å². The highest BCUT2D eigenvalue weighted by Crippen LogP contribution is 2.38. The first-order chi connectivity index (χ1) is 5.09. The highest BCUT2D eigenvalue weighted by Gasteiger charge is 2.48. The molecule has 1 saturated heterocycles. The molecular weight excluding hydrogens is 138 g/mol. The lowest BCUT2D eigenvalue weighted by molar-refractivity contribution is -0.00798. The van der Waals surface area contributed by atoms with E-state index in [1.165, 1.54) is 6.42 Å². The van der Waals surface area contributed by atoms with Crippen molar-refractivity contribution in [3.8, 4) is 0 Å². The van der Waals surface area contributed by atoms with E-state index in [4.69, 9.17) is 4.74 Å². The van der Waals surface area contributed by atoms with Gasteiger partial charge in [-0.2, -0.15) is 0 Å². The Morgan fingerprint density at radius 1 is 1.36 bits per heavy atom. The van der Waals surface area contributed by atoms with Crippen LogP contribution in [0.4, 0.5) is 0 Å². The van der Waals surface area contributed by atoms with E-state index in [0.717, 1.165) is 19.2 Å². The molecule has 2 nitrogen and oxygen atoms in total. The van der Waals surface area contributed by atoms with Crippen LogP contribution in [0.25, 0.3) is 0 Å². The highest BCUT2D eigenvalue weighted by atomic mass is 16.5. The van der Waals surface area contributed by atoms with Crippen molar-refractivity contribution in [1.29, 1.82) is 0 Å². The average molecular weight is 155 g/mol. The van der Waals surface area contributed by atoms with Gasteiger partial charge in [0.1, 0.15) is 0 Å². The number of hydrogen-bond donors (Lipinski definition) is 0. The van der Waals surface area contributed by atoms with E-state index >= 15 is 0 Å². The zero-order valence-electron chi connectivity index (χ0n) is 7.63. The predicted octanol–water partition coefficient (Wildman–Crippen LogP) is 1.26. The van der Waals surface area contributed by atoms with Crippen LogP contribution in [0.5, 0.6) is 0 Å². The van der Waals surface area contributed by atoms with Crippen LogP contribution in [0.3, 0.4) is 0 Å². The van der Waals surface area contributed by atoms with E-state index in [9.17, 15) is 0 Å². The van der Waals surface area contributed by atoms with Crippen molar-refractivity contribution >= 4 is 0 Å². The van der Waals surface area contributed by atoms with Crippen LogP contribution >= 0.6 is 0 Å². The molecular formula is C9H17NO. The van der Waals surface area contributed by atoms with Gasteiger partial charge in [-0.1, -0.05) is 0 Å². The molecule has 11 heavy (non-hydrogen) atoms. The topological polar surface area (TPSA) is 12.5 Å². The molecule has 0 spiro atoms. The van der Waals surface area contributed by atoms with Gasteiger partial charge in [-0.05, 0) is 27.2 Å². The second-order valence-electron chi connectivity index (χ2n) is 4.58. The molecule has 0 radical (unpaired) electrons. The zero-order valence-corrected chi connectivity index (χ0v) is 7.63. The van der Waals surface area contributed by atoms with Crippen LogP contribution < -0.4 is 0 Å². The van der Waals surface area contributed by atoms with Crippen molar-refractivity contribution < 1.29 is 4.74 Å². The SMILES string of the molecule is CC(C)(C)N1CCO[C@H]2C[C@H]21. The van der Waals surface area contributed by atoms with E-state index in [1.807, 2.05) is 0 Å². The van der Waals surface area contributed by atoms with Crippen molar-refractivity contribution in [2.24, 2.45) is 0 Å². The van der Waals surface area contributed by atoms with Crippen molar-refractivity contribution in [2.45, 2.75) is 44.9 Å². The third-order valence-corrected chi connectivity index (χ3v) is 2.63. The molecule has 0 aromatic carbocycles. The fourth-order valence-corrected chi connectivity index (χ4v) is 1.97. The highest BCUT2D eigenvalue weighted by molar-refractivity contribution is 5.02. The van der Waals surface area contributed by atoms with Gasteiger partial charge in [0.25, 0.3) is 0 Å². The van der Waals surface area contributed by atoms with Crippen LogP contribution in [-0.2, 0) is 4.74 Å². The number of hydrogen-bond acceptors (Lipinski definition) is 2. The summed E-state index contributed by atoms with van der Waals surface area (Å²) >= 11 is 0. The summed E-state index contributed by atoms with van der Waals surface area (Å²) < 4.78 is 5.54. The Balaban J connectivity index is 2.03. The molecule has 2 rings (SSSR count). The minimum Gasteiger partial charge on any atom is -0.375 e. The van der Waals surface area contributed by atoms with E-state index in [-0.39, 0.29) is 0 Å². The number of morpholine rings is 1. The second kappa shape index (κ2) is 2.20. The summed E-state index contributed by atoms with van der Waals surface area (Å²) in [5.41, 5.74) is 0.337. The number of rotatable bonds is 0. The maximum atomic E-state index is 5.54. The Bertz CT molecular complexity index is 161. The summed E-state index contributed by atoms with van der Waals surface area (Å²) in [5, 5.41) is 0. The quantitative estimate of drug-likeness (QED) is 0.522. The fourth-order valence-electron chi connectivity index (χ4n) is 1.97. The number of nitrogens with zero attached hydrogens (tertiary/aromatic N) is 1. The van der Waals surface area contributed by atoms with Gasteiger partial charge >= 0.3 is 0 Å². The first-order valence-corrected chi connectivity index (χ1v) is 4.47. The predicted molar refractivity (Wildman–Crippen MR) is 44.6 cm³/mol. The Morgan fingerprint density at radius 3 is 2.64 bits per heavy atom. The van der Waals surface area contributed by atoms with Gasteiger partial charge in [-0.25, -0.2) is 0 Å². The molecule has 2 heteroatoms. The summed E-state index contributed by atoms with van der Waals surface area (Å²) in [6.07, 6.45) is 1.83. The number of fused-ring (bicyclic) bond motifs is 1. The average Bonchev–Trinajstić information content (AvgIpc) is 2.60. The summed E-state index contributed by atoms with van der Waals surface area (Å²) in [6.45, 7) is 8.90. The molecule has 2 fully saturated rings. The minimum atomic E-state index is 0.337. The van der Waals surface area contributed by atoms with Crippen LogP contribution in [0.1, 0.15) is 27.2 Å². The van der Waals surface area contributed by atoms with Crippen molar-refractivity contribution in [3.63, 3.8) is 0 Å². The standard InChI is InChI=1S/C9H17NO/c1-9(2,3)10-4-5-11-8-6-7(8)10/h7-8H,4-6H2,1-3H3/t7-,8+/m1/s1. The molecule has 0 unspecified atom stereocenters. The van der Waals surface area contributed by atoms with E-state index in [0.29, 0.717) is 11.6 Å². The van der Waals surface area contributed by atoms with Crippen molar-refractivity contribution in [1.82, 2.24) is 4.90 Å². The van der Waals surface area contributed by atoms with Gasteiger partial charge < -0.3 is 4.74 Å². The summed E-state index contributed by atoms with van der Waals surface area (Å²) in [4.78, 5) is 2.57. The Kier molecular flexibility index (Phi) is 1.52. The molecule has 1 heterocycles. The molecule has 0 bridgehead atoms. The van der Waals surface area contributed by atoms with Gasteiger partial charge in [0, 0.05) is 18.1 Å². The van der Waals surface area contributed by atoms with Crippen molar-refractivity contribution in [3.05, 3.63) is 0 Å². The zero-order chi connectivity index (χ0) is 8.06. The summed E-state index contributed by atoms with van der Waals surface area (Å²) in [6, 6.07) is 0.740. The molecule has 1 saturated carbocycles. The monoisotopic (exact) mass is 155 g/mol. The molecule has 64 valence electrons. The summed E-state index contributed by atoms with van der Waals surface area (Å²) in [7, 11) is 0. The Labute approximate surface area is 68.5 Å². The van der Waals surface area contributed by atoms with Crippen LogP contribution in [0.2, 0.25) is 0 Å². The maximum Gasteiger partial charge on any atom is 0.0748 e. The molecule has 0 aromatic rings.